The van der Waals surface area contributed by atoms with E-state index >= 15 is 0 Å². The zero-order valence-electron chi connectivity index (χ0n) is 16.9. The number of fused-ring (bicyclic) bond motifs is 1. The van der Waals surface area contributed by atoms with Crippen LogP contribution in [-0.4, -0.2) is 28.5 Å². The molecule has 0 atom stereocenters. The first kappa shape index (κ1) is 19.4. The number of ether oxygens (including phenoxy) is 1. The van der Waals surface area contributed by atoms with E-state index < -0.39 is 0 Å². The first-order valence-corrected chi connectivity index (χ1v) is 9.67. The Bertz CT molecular complexity index is 1210. The molecule has 0 fully saturated rings. The molecule has 1 heterocycles. The maximum absolute atomic E-state index is 12.1. The minimum absolute atomic E-state index is 0.114. The van der Waals surface area contributed by atoms with Crippen LogP contribution in [-0.2, 0) is 4.79 Å². The molecule has 150 valence electrons. The number of benzene rings is 3. The number of rotatable bonds is 6. The molecule has 0 bridgehead atoms. The largest absolute Gasteiger partial charge is 0.484 e. The van der Waals surface area contributed by atoms with Gasteiger partial charge in [-0.15, -0.1) is 0 Å². The number of para-hydroxylation sites is 1. The van der Waals surface area contributed by atoms with Crippen molar-refractivity contribution in [1.29, 1.82) is 0 Å². The number of hydrogen-bond donors (Lipinski definition) is 1. The van der Waals surface area contributed by atoms with Crippen LogP contribution in [0.25, 0.3) is 16.5 Å². The van der Waals surface area contributed by atoms with E-state index in [1.807, 2.05) is 91.3 Å². The van der Waals surface area contributed by atoms with Crippen molar-refractivity contribution < 1.29 is 9.53 Å². The molecule has 0 aliphatic heterocycles. The SMILES string of the molecule is Cc1nn(-c2ccccc2)c(C)c1/C=N/NC(=O)COc1ccc2ccccc2c1. The number of carbonyl (C=O) groups excluding carboxylic acids is 1. The number of nitrogens with zero attached hydrogens (tertiary/aromatic N) is 3. The van der Waals surface area contributed by atoms with E-state index in [-0.39, 0.29) is 12.5 Å². The van der Waals surface area contributed by atoms with Crippen LogP contribution in [0.15, 0.2) is 77.9 Å². The van der Waals surface area contributed by atoms with Crippen LogP contribution < -0.4 is 10.2 Å². The lowest BCUT2D eigenvalue weighted by atomic mass is 10.1. The number of hydrazone groups is 1. The molecular formula is C24H22N4O2. The van der Waals surface area contributed by atoms with Gasteiger partial charge in [-0.05, 0) is 48.9 Å². The standard InChI is InChI=1S/C24H22N4O2/c1-17-23(18(2)28(27-17)21-10-4-3-5-11-21)15-25-26-24(29)16-30-22-13-12-19-8-6-7-9-20(19)14-22/h3-15H,16H2,1-2H3,(H,26,29)/b25-15+. The van der Waals surface area contributed by atoms with Gasteiger partial charge in [0, 0.05) is 5.56 Å². The Morgan fingerprint density at radius 3 is 2.57 bits per heavy atom. The van der Waals surface area contributed by atoms with E-state index in [2.05, 4.69) is 15.6 Å². The fourth-order valence-electron chi connectivity index (χ4n) is 3.27. The summed E-state index contributed by atoms with van der Waals surface area (Å²) in [7, 11) is 0. The van der Waals surface area contributed by atoms with Crippen molar-refractivity contribution >= 4 is 22.9 Å². The number of amides is 1. The average molecular weight is 398 g/mol. The second-order valence-corrected chi connectivity index (χ2v) is 6.92. The lowest BCUT2D eigenvalue weighted by Gasteiger charge is -2.06. The molecule has 6 heteroatoms. The molecular weight excluding hydrogens is 376 g/mol. The molecule has 0 unspecified atom stereocenters. The van der Waals surface area contributed by atoms with Crippen LogP contribution in [0.5, 0.6) is 5.75 Å². The molecule has 1 amide bonds. The van der Waals surface area contributed by atoms with Gasteiger partial charge in [0.2, 0.25) is 0 Å². The minimum atomic E-state index is -0.329. The highest BCUT2D eigenvalue weighted by atomic mass is 16.5. The minimum Gasteiger partial charge on any atom is -0.484 e. The number of hydrogen-bond acceptors (Lipinski definition) is 4. The Balaban J connectivity index is 1.37. The van der Waals surface area contributed by atoms with Crippen LogP contribution in [0.3, 0.4) is 0 Å². The topological polar surface area (TPSA) is 68.5 Å². The van der Waals surface area contributed by atoms with Gasteiger partial charge >= 0.3 is 0 Å². The summed E-state index contributed by atoms with van der Waals surface area (Å²) in [5.41, 5.74) is 6.14. The Labute approximate surface area is 174 Å². The molecule has 0 spiro atoms. The smallest absolute Gasteiger partial charge is 0.277 e. The van der Waals surface area contributed by atoms with Crippen molar-refractivity contribution in [3.63, 3.8) is 0 Å². The molecule has 0 aliphatic carbocycles. The number of aromatic nitrogens is 2. The van der Waals surface area contributed by atoms with Gasteiger partial charge in [-0.1, -0.05) is 48.5 Å². The Morgan fingerprint density at radius 1 is 1.03 bits per heavy atom. The van der Waals surface area contributed by atoms with Gasteiger partial charge in [0.05, 0.1) is 23.3 Å². The highest BCUT2D eigenvalue weighted by Crippen LogP contribution is 2.20. The van der Waals surface area contributed by atoms with Gasteiger partial charge in [0.15, 0.2) is 6.61 Å². The van der Waals surface area contributed by atoms with E-state index in [1.54, 1.807) is 6.21 Å². The summed E-state index contributed by atoms with van der Waals surface area (Å²) >= 11 is 0. The molecule has 1 aromatic heterocycles. The van der Waals surface area contributed by atoms with E-state index in [0.717, 1.165) is 33.4 Å². The van der Waals surface area contributed by atoms with Crippen LogP contribution in [0.2, 0.25) is 0 Å². The lowest BCUT2D eigenvalue weighted by Crippen LogP contribution is -2.24. The number of nitrogens with one attached hydrogen (secondary N) is 1. The first-order valence-electron chi connectivity index (χ1n) is 9.67. The van der Waals surface area contributed by atoms with Gasteiger partial charge in [0.1, 0.15) is 5.75 Å². The van der Waals surface area contributed by atoms with Crippen molar-refractivity contribution in [2.24, 2.45) is 5.10 Å². The van der Waals surface area contributed by atoms with Crippen LogP contribution >= 0.6 is 0 Å². The number of carbonyl (C=O) groups is 1. The van der Waals surface area contributed by atoms with Crippen molar-refractivity contribution in [2.45, 2.75) is 13.8 Å². The average Bonchev–Trinajstić information content (AvgIpc) is 3.06. The van der Waals surface area contributed by atoms with Crippen molar-refractivity contribution in [1.82, 2.24) is 15.2 Å². The van der Waals surface area contributed by atoms with Gasteiger partial charge in [-0.3, -0.25) is 4.79 Å². The maximum atomic E-state index is 12.1. The van der Waals surface area contributed by atoms with Gasteiger partial charge in [0.25, 0.3) is 5.91 Å². The van der Waals surface area contributed by atoms with Gasteiger partial charge in [-0.2, -0.15) is 10.2 Å². The van der Waals surface area contributed by atoms with E-state index in [4.69, 9.17) is 4.74 Å². The zero-order chi connectivity index (χ0) is 20.9. The molecule has 30 heavy (non-hydrogen) atoms. The van der Waals surface area contributed by atoms with Crippen molar-refractivity contribution in [3.05, 3.63) is 89.7 Å². The summed E-state index contributed by atoms with van der Waals surface area (Å²) in [6, 6.07) is 23.6. The third kappa shape index (κ3) is 4.22. The third-order valence-electron chi connectivity index (χ3n) is 4.82. The summed E-state index contributed by atoms with van der Waals surface area (Å²) < 4.78 is 7.45. The van der Waals surface area contributed by atoms with Crippen LogP contribution in [0.4, 0.5) is 0 Å². The summed E-state index contributed by atoms with van der Waals surface area (Å²) in [4.78, 5) is 12.1. The summed E-state index contributed by atoms with van der Waals surface area (Å²) in [5.74, 6) is 0.314. The second kappa shape index (κ2) is 8.61. The molecule has 1 N–H and O–H groups in total. The molecule has 0 saturated carbocycles. The zero-order valence-corrected chi connectivity index (χ0v) is 16.9. The van der Waals surface area contributed by atoms with Gasteiger partial charge < -0.3 is 4.74 Å². The Morgan fingerprint density at radius 2 is 1.77 bits per heavy atom. The molecule has 0 radical (unpaired) electrons. The predicted octanol–water partition coefficient (Wildman–Crippen LogP) is 4.17. The highest BCUT2D eigenvalue weighted by Gasteiger charge is 2.11. The van der Waals surface area contributed by atoms with Crippen molar-refractivity contribution in [2.75, 3.05) is 6.61 Å². The summed E-state index contributed by atoms with van der Waals surface area (Å²) in [5, 5.41) is 10.8. The number of aryl methyl sites for hydroxylation is 1. The third-order valence-corrected chi connectivity index (χ3v) is 4.82. The quantitative estimate of drug-likeness (QED) is 0.391. The van der Waals surface area contributed by atoms with Gasteiger partial charge in [-0.25, -0.2) is 10.1 Å². The summed E-state index contributed by atoms with van der Waals surface area (Å²) in [6.07, 6.45) is 1.62. The summed E-state index contributed by atoms with van der Waals surface area (Å²) in [6.45, 7) is 3.77. The second-order valence-electron chi connectivity index (χ2n) is 6.92. The van der Waals surface area contributed by atoms with Crippen LogP contribution in [0.1, 0.15) is 17.0 Å². The Kier molecular flexibility index (Phi) is 5.57. The maximum Gasteiger partial charge on any atom is 0.277 e. The highest BCUT2D eigenvalue weighted by molar-refractivity contribution is 5.85. The molecule has 3 aromatic carbocycles. The lowest BCUT2D eigenvalue weighted by molar-refractivity contribution is -0.123. The normalized spacial score (nSPS) is 11.1. The predicted molar refractivity (Wildman–Crippen MR) is 118 cm³/mol. The molecule has 0 aliphatic rings. The van der Waals surface area contributed by atoms with E-state index in [0.29, 0.717) is 5.75 Å². The molecule has 6 nitrogen and oxygen atoms in total. The molecule has 4 aromatic rings. The Hall–Kier alpha value is -3.93. The van der Waals surface area contributed by atoms with E-state index in [1.165, 1.54) is 0 Å². The fraction of sp³-hybridized carbons (Fsp3) is 0.125. The monoisotopic (exact) mass is 398 g/mol. The fourth-order valence-corrected chi connectivity index (χ4v) is 3.27. The van der Waals surface area contributed by atoms with Crippen molar-refractivity contribution in [3.8, 4) is 11.4 Å². The first-order chi connectivity index (χ1) is 14.6. The molecule has 4 rings (SSSR count). The van der Waals surface area contributed by atoms with Crippen LogP contribution in [0, 0.1) is 13.8 Å². The molecule has 0 saturated heterocycles. The van der Waals surface area contributed by atoms with E-state index in [9.17, 15) is 4.79 Å².